The maximum atomic E-state index is 11.5. The van der Waals surface area contributed by atoms with Crippen molar-refractivity contribution in [3.8, 4) is 0 Å². The van der Waals surface area contributed by atoms with E-state index < -0.39 is 18.3 Å². The topological polar surface area (TPSA) is 65.0 Å². The normalized spacial score (nSPS) is 30.0. The number of fused-ring (bicyclic) bond motifs is 1. The standard InChI is InChI=1S/C17H20O5/c18-14-10-15(19)22-16-13(7-9-21-17(14)16)6-8-20-11-12-4-2-1-3-5-12/h1-6,14,16-18H,7-11H2/b13-6+/t14?,16?,17-/m1/s1. The molecule has 118 valence electrons. The second-order valence-corrected chi connectivity index (χ2v) is 5.55. The Morgan fingerprint density at radius 1 is 1.32 bits per heavy atom. The summed E-state index contributed by atoms with van der Waals surface area (Å²) in [6.45, 7) is 1.51. The van der Waals surface area contributed by atoms with Crippen LogP contribution in [0.25, 0.3) is 0 Å². The van der Waals surface area contributed by atoms with E-state index in [0.29, 0.717) is 26.2 Å². The number of hydrogen-bond donors (Lipinski definition) is 1. The first kappa shape index (κ1) is 15.2. The van der Waals surface area contributed by atoms with Gasteiger partial charge < -0.3 is 19.3 Å². The van der Waals surface area contributed by atoms with Gasteiger partial charge in [-0.2, -0.15) is 0 Å². The minimum atomic E-state index is -0.791. The Hall–Kier alpha value is -1.69. The quantitative estimate of drug-likeness (QED) is 0.520. The molecule has 2 aliphatic rings. The van der Waals surface area contributed by atoms with Gasteiger partial charge in [0.2, 0.25) is 0 Å². The first-order valence-corrected chi connectivity index (χ1v) is 7.54. The average Bonchev–Trinajstić information content (AvgIpc) is 2.53. The molecule has 1 aromatic carbocycles. The van der Waals surface area contributed by atoms with Crippen molar-refractivity contribution >= 4 is 5.97 Å². The van der Waals surface area contributed by atoms with E-state index in [-0.39, 0.29) is 12.4 Å². The van der Waals surface area contributed by atoms with Gasteiger partial charge >= 0.3 is 5.97 Å². The molecule has 3 atom stereocenters. The molecule has 0 spiro atoms. The summed E-state index contributed by atoms with van der Waals surface area (Å²) < 4.78 is 16.5. The summed E-state index contributed by atoms with van der Waals surface area (Å²) >= 11 is 0. The fraction of sp³-hybridized carbons (Fsp3) is 0.471. The van der Waals surface area contributed by atoms with Crippen molar-refractivity contribution in [3.63, 3.8) is 0 Å². The van der Waals surface area contributed by atoms with E-state index in [9.17, 15) is 9.90 Å². The molecule has 0 radical (unpaired) electrons. The number of esters is 1. The van der Waals surface area contributed by atoms with Crippen LogP contribution in [0.15, 0.2) is 42.0 Å². The van der Waals surface area contributed by atoms with Gasteiger partial charge in [0.15, 0.2) is 6.10 Å². The van der Waals surface area contributed by atoms with Gasteiger partial charge in [0.05, 0.1) is 32.3 Å². The molecule has 2 saturated heterocycles. The number of aliphatic hydroxyl groups excluding tert-OH is 1. The Labute approximate surface area is 129 Å². The van der Waals surface area contributed by atoms with E-state index in [0.717, 1.165) is 11.1 Å². The highest BCUT2D eigenvalue weighted by atomic mass is 16.6. The SMILES string of the molecule is O=C1CC(O)[C@H]2OCC/C(=C\COCc3ccccc3)C2O1. The number of aliphatic hydroxyl groups is 1. The van der Waals surface area contributed by atoms with E-state index in [4.69, 9.17) is 14.2 Å². The molecule has 2 fully saturated rings. The van der Waals surface area contributed by atoms with Crippen LogP contribution in [0.1, 0.15) is 18.4 Å². The molecular formula is C17H20O5. The Morgan fingerprint density at radius 3 is 2.95 bits per heavy atom. The third-order valence-corrected chi connectivity index (χ3v) is 3.95. The lowest BCUT2D eigenvalue weighted by Gasteiger charge is -2.39. The van der Waals surface area contributed by atoms with E-state index in [1.165, 1.54) is 0 Å². The molecule has 2 heterocycles. The number of hydrogen-bond acceptors (Lipinski definition) is 5. The number of carbonyl (C=O) groups is 1. The molecule has 0 bridgehead atoms. The first-order valence-electron chi connectivity index (χ1n) is 7.54. The molecular weight excluding hydrogens is 284 g/mol. The number of ether oxygens (including phenoxy) is 3. The van der Waals surface area contributed by atoms with Crippen LogP contribution in [0.5, 0.6) is 0 Å². The number of benzene rings is 1. The Morgan fingerprint density at radius 2 is 2.14 bits per heavy atom. The smallest absolute Gasteiger partial charge is 0.309 e. The monoisotopic (exact) mass is 304 g/mol. The van der Waals surface area contributed by atoms with Crippen LogP contribution in [-0.4, -0.2) is 42.6 Å². The molecule has 1 aromatic rings. The predicted molar refractivity (Wildman–Crippen MR) is 79.0 cm³/mol. The maximum Gasteiger partial charge on any atom is 0.309 e. The van der Waals surface area contributed by atoms with Gasteiger partial charge in [-0.25, -0.2) is 0 Å². The Bertz CT molecular complexity index is 539. The van der Waals surface area contributed by atoms with Gasteiger partial charge in [-0.05, 0) is 17.6 Å². The predicted octanol–water partition coefficient (Wildman–Crippen LogP) is 1.59. The summed E-state index contributed by atoms with van der Waals surface area (Å²) in [4.78, 5) is 11.5. The van der Waals surface area contributed by atoms with Crippen molar-refractivity contribution in [1.82, 2.24) is 0 Å². The van der Waals surface area contributed by atoms with Crippen molar-refractivity contribution in [1.29, 1.82) is 0 Å². The van der Waals surface area contributed by atoms with Crippen LogP contribution in [-0.2, 0) is 25.6 Å². The fourth-order valence-corrected chi connectivity index (χ4v) is 2.82. The second kappa shape index (κ2) is 7.05. The highest BCUT2D eigenvalue weighted by Crippen LogP contribution is 2.30. The van der Waals surface area contributed by atoms with E-state index in [1.807, 2.05) is 36.4 Å². The van der Waals surface area contributed by atoms with Gasteiger partial charge in [0.1, 0.15) is 6.10 Å². The molecule has 5 nitrogen and oxygen atoms in total. The average molecular weight is 304 g/mol. The zero-order chi connectivity index (χ0) is 15.4. The Balaban J connectivity index is 1.57. The van der Waals surface area contributed by atoms with Gasteiger partial charge in [-0.3, -0.25) is 4.79 Å². The van der Waals surface area contributed by atoms with Crippen LogP contribution in [0.2, 0.25) is 0 Å². The summed E-state index contributed by atoms with van der Waals surface area (Å²) in [6.07, 6.45) is 0.904. The van der Waals surface area contributed by atoms with Crippen LogP contribution in [0, 0.1) is 0 Å². The van der Waals surface area contributed by atoms with Crippen molar-refractivity contribution in [2.75, 3.05) is 13.2 Å². The highest BCUT2D eigenvalue weighted by molar-refractivity contribution is 5.71. The highest BCUT2D eigenvalue weighted by Gasteiger charge is 2.42. The molecule has 2 unspecified atom stereocenters. The summed E-state index contributed by atoms with van der Waals surface area (Å²) in [5, 5.41) is 9.93. The third-order valence-electron chi connectivity index (χ3n) is 3.95. The Kier molecular flexibility index (Phi) is 4.87. The van der Waals surface area contributed by atoms with Crippen LogP contribution < -0.4 is 0 Å². The second-order valence-electron chi connectivity index (χ2n) is 5.55. The lowest BCUT2D eigenvalue weighted by molar-refractivity contribution is -0.186. The van der Waals surface area contributed by atoms with Crippen molar-refractivity contribution in [2.24, 2.45) is 0 Å². The van der Waals surface area contributed by atoms with Crippen molar-refractivity contribution in [3.05, 3.63) is 47.5 Å². The van der Waals surface area contributed by atoms with Gasteiger partial charge in [-0.15, -0.1) is 0 Å². The van der Waals surface area contributed by atoms with E-state index in [1.54, 1.807) is 0 Å². The number of rotatable bonds is 4. The first-order chi connectivity index (χ1) is 10.7. The summed E-state index contributed by atoms with van der Waals surface area (Å²) in [5.41, 5.74) is 2.08. The maximum absolute atomic E-state index is 11.5. The molecule has 0 amide bonds. The van der Waals surface area contributed by atoms with Gasteiger partial charge in [0.25, 0.3) is 0 Å². The van der Waals surface area contributed by atoms with Gasteiger partial charge in [-0.1, -0.05) is 36.4 Å². The summed E-state index contributed by atoms with van der Waals surface area (Å²) in [5.74, 6) is -0.379. The van der Waals surface area contributed by atoms with E-state index in [2.05, 4.69) is 0 Å². The van der Waals surface area contributed by atoms with Crippen molar-refractivity contribution in [2.45, 2.75) is 37.8 Å². The van der Waals surface area contributed by atoms with Crippen LogP contribution in [0.4, 0.5) is 0 Å². The molecule has 0 aromatic heterocycles. The molecule has 5 heteroatoms. The van der Waals surface area contributed by atoms with Crippen LogP contribution in [0.3, 0.4) is 0 Å². The minimum absolute atomic E-state index is 0.00104. The molecule has 2 aliphatic heterocycles. The third kappa shape index (κ3) is 3.55. The molecule has 0 saturated carbocycles. The lowest BCUT2D eigenvalue weighted by atomic mass is 9.91. The van der Waals surface area contributed by atoms with Crippen molar-refractivity contribution < 1.29 is 24.1 Å². The minimum Gasteiger partial charge on any atom is -0.455 e. The summed E-state index contributed by atoms with van der Waals surface area (Å²) in [7, 11) is 0. The molecule has 3 rings (SSSR count). The zero-order valence-electron chi connectivity index (χ0n) is 12.3. The molecule has 22 heavy (non-hydrogen) atoms. The lowest BCUT2D eigenvalue weighted by Crippen LogP contribution is -2.51. The van der Waals surface area contributed by atoms with Crippen LogP contribution >= 0.6 is 0 Å². The van der Waals surface area contributed by atoms with E-state index >= 15 is 0 Å². The molecule has 1 N–H and O–H groups in total. The summed E-state index contributed by atoms with van der Waals surface area (Å²) in [6, 6.07) is 9.94. The zero-order valence-corrected chi connectivity index (χ0v) is 12.3. The van der Waals surface area contributed by atoms with Gasteiger partial charge in [0, 0.05) is 0 Å². The molecule has 0 aliphatic carbocycles. The number of carbonyl (C=O) groups excluding carboxylic acids is 1. The largest absolute Gasteiger partial charge is 0.455 e. The fourth-order valence-electron chi connectivity index (χ4n) is 2.82.